The Morgan fingerprint density at radius 1 is 1.11 bits per heavy atom. The molecule has 0 saturated carbocycles. The summed E-state index contributed by atoms with van der Waals surface area (Å²) in [5, 5.41) is 1.14. The van der Waals surface area contributed by atoms with Gasteiger partial charge in [-0.15, -0.1) is 23.2 Å². The molecule has 1 aromatic rings. The first-order valence-corrected chi connectivity index (χ1v) is 11.0. The zero-order valence-corrected chi connectivity index (χ0v) is 14.2. The fraction of sp³-hybridized carbons (Fsp3) is 0.500. The first-order chi connectivity index (χ1) is 8.82. The van der Waals surface area contributed by atoms with E-state index < -0.39 is 8.07 Å². The van der Waals surface area contributed by atoms with Crippen LogP contribution in [0.3, 0.4) is 0 Å². The van der Waals surface area contributed by atoms with E-state index in [-0.39, 0.29) is 5.91 Å². The molecule has 0 bridgehead atoms. The minimum Gasteiger partial charge on any atom is -0.366 e. The fourth-order valence-corrected chi connectivity index (χ4v) is 5.06. The van der Waals surface area contributed by atoms with Crippen molar-refractivity contribution in [2.24, 2.45) is 5.73 Å². The summed E-state index contributed by atoms with van der Waals surface area (Å²) in [5.41, 5.74) is 8.41. The van der Waals surface area contributed by atoms with E-state index in [0.717, 1.165) is 22.7 Å². The third-order valence-corrected chi connectivity index (χ3v) is 5.55. The van der Waals surface area contributed by atoms with Gasteiger partial charge in [0.05, 0.1) is 8.07 Å². The summed E-state index contributed by atoms with van der Waals surface area (Å²) in [7, 11) is -1.69. The lowest BCUT2D eigenvalue weighted by molar-refractivity contribution is 0.100. The molecule has 2 nitrogen and oxygen atoms in total. The fourth-order valence-electron chi connectivity index (χ4n) is 2.45. The lowest BCUT2D eigenvalue weighted by atomic mass is 10.00. The number of amides is 1. The Kier molecular flexibility index (Phi) is 5.90. The molecule has 0 heterocycles. The van der Waals surface area contributed by atoms with E-state index >= 15 is 0 Å². The van der Waals surface area contributed by atoms with Crippen LogP contribution in [0.2, 0.25) is 19.6 Å². The topological polar surface area (TPSA) is 43.1 Å². The van der Waals surface area contributed by atoms with Crippen molar-refractivity contribution in [2.75, 3.05) is 11.8 Å². The quantitative estimate of drug-likeness (QED) is 0.636. The molecule has 1 aromatic carbocycles. The van der Waals surface area contributed by atoms with Crippen LogP contribution >= 0.6 is 23.2 Å². The highest BCUT2D eigenvalue weighted by Crippen LogP contribution is 2.18. The maximum atomic E-state index is 11.9. The van der Waals surface area contributed by atoms with E-state index in [1.807, 2.05) is 6.07 Å². The van der Waals surface area contributed by atoms with Crippen LogP contribution in [0, 0.1) is 0 Å². The summed E-state index contributed by atoms with van der Waals surface area (Å²) >= 11 is 11.7. The Bertz CT molecular complexity index is 469. The standard InChI is InChI=1S/C14H21Cl2NOSi/c1-19(2,3)13-11(7-9-16)5-4-10(6-8-15)12(13)14(17)18/h4-5H,6-9H2,1-3H3,(H2,17,18). The average molecular weight is 318 g/mol. The van der Waals surface area contributed by atoms with Crippen molar-refractivity contribution in [1.29, 1.82) is 0 Å². The SMILES string of the molecule is C[Si](C)(C)c1c(CCCl)ccc(CCCl)c1C(N)=O. The second-order valence-corrected chi connectivity index (χ2v) is 11.4. The maximum absolute atomic E-state index is 11.9. The molecule has 0 aliphatic carbocycles. The molecule has 0 saturated heterocycles. The summed E-state index contributed by atoms with van der Waals surface area (Å²) in [4.78, 5) is 11.9. The molecule has 0 atom stereocenters. The van der Waals surface area contributed by atoms with Crippen LogP contribution in [-0.2, 0) is 12.8 Å². The van der Waals surface area contributed by atoms with Gasteiger partial charge in [-0.3, -0.25) is 4.79 Å². The number of hydrogen-bond acceptors (Lipinski definition) is 1. The Hall–Kier alpha value is -0.513. The number of carbonyl (C=O) groups excluding carboxylic acids is 1. The van der Waals surface area contributed by atoms with Crippen LogP contribution < -0.4 is 10.9 Å². The van der Waals surface area contributed by atoms with Gasteiger partial charge < -0.3 is 5.73 Å². The van der Waals surface area contributed by atoms with E-state index in [4.69, 9.17) is 28.9 Å². The highest BCUT2D eigenvalue weighted by molar-refractivity contribution is 6.89. The Labute approximate surface area is 126 Å². The lowest BCUT2D eigenvalue weighted by Crippen LogP contribution is -2.45. The van der Waals surface area contributed by atoms with Crippen molar-refractivity contribution < 1.29 is 4.79 Å². The number of nitrogens with two attached hydrogens (primary N) is 1. The van der Waals surface area contributed by atoms with Crippen LogP contribution in [0.1, 0.15) is 21.5 Å². The van der Waals surface area contributed by atoms with Crippen molar-refractivity contribution in [2.45, 2.75) is 32.5 Å². The molecule has 19 heavy (non-hydrogen) atoms. The predicted octanol–water partition coefficient (Wildman–Crippen LogP) is 2.89. The van der Waals surface area contributed by atoms with Crippen molar-refractivity contribution in [1.82, 2.24) is 0 Å². The smallest absolute Gasteiger partial charge is 0.248 e. The number of benzene rings is 1. The molecule has 1 amide bonds. The van der Waals surface area contributed by atoms with Gasteiger partial charge in [-0.2, -0.15) is 0 Å². The molecular formula is C14H21Cl2NOSi. The molecule has 1 rings (SSSR count). The molecule has 0 fully saturated rings. The summed E-state index contributed by atoms with van der Waals surface area (Å²) in [6.07, 6.45) is 1.43. The van der Waals surface area contributed by atoms with Crippen molar-refractivity contribution in [3.8, 4) is 0 Å². The Morgan fingerprint density at radius 2 is 1.58 bits per heavy atom. The molecule has 5 heteroatoms. The number of hydrogen-bond donors (Lipinski definition) is 1. The molecule has 2 N–H and O–H groups in total. The summed E-state index contributed by atoms with van der Waals surface area (Å²) in [5.74, 6) is 0.680. The van der Waals surface area contributed by atoms with Crippen LogP contribution in [0.5, 0.6) is 0 Å². The van der Waals surface area contributed by atoms with E-state index in [0.29, 0.717) is 23.7 Å². The number of primary amides is 1. The van der Waals surface area contributed by atoms with Gasteiger partial charge in [0.15, 0.2) is 0 Å². The first-order valence-electron chi connectivity index (χ1n) is 6.40. The Balaban J connectivity index is 3.56. The summed E-state index contributed by atoms with van der Waals surface area (Å²) in [6, 6.07) is 4.04. The molecular weight excluding hydrogens is 297 g/mol. The zero-order chi connectivity index (χ0) is 14.6. The average Bonchev–Trinajstić information content (AvgIpc) is 2.29. The van der Waals surface area contributed by atoms with Crippen molar-refractivity contribution >= 4 is 42.4 Å². The van der Waals surface area contributed by atoms with Gasteiger partial charge in [-0.25, -0.2) is 0 Å². The number of aryl methyl sites for hydroxylation is 2. The highest BCUT2D eigenvalue weighted by Gasteiger charge is 2.27. The van der Waals surface area contributed by atoms with Gasteiger partial charge in [0.1, 0.15) is 0 Å². The van der Waals surface area contributed by atoms with Gasteiger partial charge in [-0.1, -0.05) is 31.8 Å². The maximum Gasteiger partial charge on any atom is 0.248 e. The summed E-state index contributed by atoms with van der Waals surface area (Å²) in [6.45, 7) is 6.66. The minimum atomic E-state index is -1.69. The van der Waals surface area contributed by atoms with Crippen molar-refractivity contribution in [3.05, 3.63) is 28.8 Å². The second-order valence-electron chi connectivity index (χ2n) is 5.63. The van der Waals surface area contributed by atoms with Crippen LogP contribution in [0.15, 0.2) is 12.1 Å². The second kappa shape index (κ2) is 6.78. The number of carbonyl (C=O) groups is 1. The van der Waals surface area contributed by atoms with E-state index in [9.17, 15) is 4.79 Å². The van der Waals surface area contributed by atoms with E-state index in [1.165, 1.54) is 0 Å². The first kappa shape index (κ1) is 16.5. The zero-order valence-electron chi connectivity index (χ0n) is 11.7. The number of halogens is 2. The monoisotopic (exact) mass is 317 g/mol. The number of rotatable bonds is 6. The van der Waals surface area contributed by atoms with E-state index in [1.54, 1.807) is 0 Å². The normalized spacial score (nSPS) is 11.6. The number of alkyl halides is 2. The van der Waals surface area contributed by atoms with Crippen molar-refractivity contribution in [3.63, 3.8) is 0 Å². The van der Waals surface area contributed by atoms with Gasteiger partial charge >= 0.3 is 0 Å². The molecule has 0 unspecified atom stereocenters. The molecule has 0 spiro atoms. The molecule has 106 valence electrons. The lowest BCUT2D eigenvalue weighted by Gasteiger charge is -2.25. The van der Waals surface area contributed by atoms with Gasteiger partial charge in [-0.05, 0) is 29.2 Å². The third kappa shape index (κ3) is 3.97. The molecule has 0 aromatic heterocycles. The molecule has 0 aliphatic rings. The van der Waals surface area contributed by atoms with Crippen LogP contribution in [0.25, 0.3) is 0 Å². The highest BCUT2D eigenvalue weighted by atomic mass is 35.5. The van der Waals surface area contributed by atoms with Gasteiger partial charge in [0, 0.05) is 17.3 Å². The van der Waals surface area contributed by atoms with Gasteiger partial charge in [0.25, 0.3) is 0 Å². The summed E-state index contributed by atoms with van der Waals surface area (Å²) < 4.78 is 0. The van der Waals surface area contributed by atoms with Crippen LogP contribution in [-0.4, -0.2) is 25.7 Å². The minimum absolute atomic E-state index is 0.353. The largest absolute Gasteiger partial charge is 0.366 e. The third-order valence-electron chi connectivity index (χ3n) is 3.10. The van der Waals surface area contributed by atoms with Crippen LogP contribution in [0.4, 0.5) is 0 Å². The predicted molar refractivity (Wildman–Crippen MR) is 86.8 cm³/mol. The molecule has 0 aliphatic heterocycles. The Morgan fingerprint density at radius 3 is 2.00 bits per heavy atom. The molecule has 0 radical (unpaired) electrons. The van der Waals surface area contributed by atoms with E-state index in [2.05, 4.69) is 25.7 Å². The van der Waals surface area contributed by atoms with Gasteiger partial charge in [0.2, 0.25) is 5.91 Å².